The zero-order valence-corrected chi connectivity index (χ0v) is 11.5. The summed E-state index contributed by atoms with van der Waals surface area (Å²) in [7, 11) is 0. The minimum Gasteiger partial charge on any atom is -0.375 e. The molecule has 1 aromatic carbocycles. The van der Waals surface area contributed by atoms with Gasteiger partial charge in [-0.05, 0) is 17.0 Å². The second-order valence-electron chi connectivity index (χ2n) is 4.38. The Morgan fingerprint density at radius 3 is 2.33 bits per heavy atom. The van der Waals surface area contributed by atoms with Gasteiger partial charge in [-0.3, -0.25) is 4.79 Å². The number of rotatable bonds is 4. The molecule has 0 bridgehead atoms. The summed E-state index contributed by atoms with van der Waals surface area (Å²) in [5.41, 5.74) is -3.44. The average molecular weight is 315 g/mol. The van der Waals surface area contributed by atoms with Crippen molar-refractivity contribution in [2.75, 3.05) is 6.54 Å². The topological polar surface area (TPSA) is 49.3 Å². The summed E-state index contributed by atoms with van der Waals surface area (Å²) in [5.74, 6) is -0.649. The number of hydrogen-bond donors (Lipinski definition) is 2. The smallest absolute Gasteiger partial charge is 0.375 e. The van der Waals surface area contributed by atoms with Gasteiger partial charge in [-0.1, -0.05) is 36.4 Å². The first kappa shape index (κ1) is 15.5. The number of nitrogens with one attached hydrogen (secondary N) is 1. The molecule has 0 fully saturated rings. The van der Waals surface area contributed by atoms with Crippen molar-refractivity contribution in [3.8, 4) is 0 Å². The van der Waals surface area contributed by atoms with Gasteiger partial charge in [0.1, 0.15) is 0 Å². The molecule has 1 amide bonds. The maximum Gasteiger partial charge on any atom is 0.423 e. The van der Waals surface area contributed by atoms with Gasteiger partial charge in [0.25, 0.3) is 5.91 Å². The quantitative estimate of drug-likeness (QED) is 0.911. The minimum absolute atomic E-state index is 0.285. The summed E-state index contributed by atoms with van der Waals surface area (Å²) in [6.07, 6.45) is -4.91. The molecule has 0 aliphatic heterocycles. The lowest BCUT2D eigenvalue weighted by molar-refractivity contribution is -0.263. The van der Waals surface area contributed by atoms with Crippen LogP contribution in [0.1, 0.15) is 15.2 Å². The molecule has 2 rings (SSSR count). The standard InChI is InChI=1S/C14H12F3NO2S/c15-14(16,17)13(20,10-5-2-1-3-6-10)9-18-12(19)11-7-4-8-21-11/h1-8,20H,9H2,(H,18,19). The van der Waals surface area contributed by atoms with Gasteiger partial charge >= 0.3 is 6.18 Å². The van der Waals surface area contributed by atoms with Crippen LogP contribution in [0.3, 0.4) is 0 Å². The summed E-state index contributed by atoms with van der Waals surface area (Å²) < 4.78 is 39.6. The average Bonchev–Trinajstić information content (AvgIpc) is 2.98. The molecule has 0 saturated heterocycles. The van der Waals surface area contributed by atoms with Crippen molar-refractivity contribution in [1.82, 2.24) is 5.32 Å². The highest BCUT2D eigenvalue weighted by molar-refractivity contribution is 7.12. The lowest BCUT2D eigenvalue weighted by Crippen LogP contribution is -2.51. The molecule has 7 heteroatoms. The van der Waals surface area contributed by atoms with Crippen molar-refractivity contribution in [2.24, 2.45) is 0 Å². The van der Waals surface area contributed by atoms with Gasteiger partial charge in [0.2, 0.25) is 5.60 Å². The molecule has 1 aromatic heterocycles. The Kier molecular flexibility index (Phi) is 4.34. The number of thiophene rings is 1. The van der Waals surface area contributed by atoms with E-state index < -0.39 is 24.2 Å². The second kappa shape index (κ2) is 5.87. The Bertz CT molecular complexity index is 598. The first-order chi connectivity index (χ1) is 9.84. The predicted octanol–water partition coefficient (Wildman–Crippen LogP) is 2.93. The summed E-state index contributed by atoms with van der Waals surface area (Å²) in [4.78, 5) is 12.0. The predicted molar refractivity (Wildman–Crippen MR) is 73.0 cm³/mol. The highest BCUT2D eigenvalue weighted by Gasteiger charge is 2.55. The van der Waals surface area contributed by atoms with E-state index in [2.05, 4.69) is 5.32 Å². The molecule has 21 heavy (non-hydrogen) atoms. The Balaban J connectivity index is 2.20. The van der Waals surface area contributed by atoms with E-state index in [-0.39, 0.29) is 10.4 Å². The monoisotopic (exact) mass is 315 g/mol. The summed E-state index contributed by atoms with van der Waals surface area (Å²) in [6.45, 7) is -0.947. The molecule has 1 atom stereocenters. The zero-order chi connectivity index (χ0) is 15.5. The molecule has 0 saturated carbocycles. The van der Waals surface area contributed by atoms with Crippen LogP contribution in [0.25, 0.3) is 0 Å². The Morgan fingerprint density at radius 1 is 1.14 bits per heavy atom. The number of hydrogen-bond acceptors (Lipinski definition) is 3. The number of carbonyl (C=O) groups excluding carboxylic acids is 1. The van der Waals surface area contributed by atoms with E-state index in [0.717, 1.165) is 11.3 Å². The highest BCUT2D eigenvalue weighted by atomic mass is 32.1. The lowest BCUT2D eigenvalue weighted by Gasteiger charge is -2.31. The molecule has 0 aliphatic carbocycles. The zero-order valence-electron chi connectivity index (χ0n) is 10.7. The summed E-state index contributed by atoms with van der Waals surface area (Å²) >= 11 is 1.11. The second-order valence-corrected chi connectivity index (χ2v) is 5.33. The molecular weight excluding hydrogens is 303 g/mol. The minimum atomic E-state index is -4.91. The van der Waals surface area contributed by atoms with Crippen LogP contribution in [0.2, 0.25) is 0 Å². The number of aliphatic hydroxyl groups is 1. The molecule has 3 nitrogen and oxygen atoms in total. The van der Waals surface area contributed by atoms with E-state index in [1.54, 1.807) is 17.5 Å². The van der Waals surface area contributed by atoms with Crippen LogP contribution < -0.4 is 5.32 Å². The van der Waals surface area contributed by atoms with Crippen molar-refractivity contribution in [1.29, 1.82) is 0 Å². The van der Waals surface area contributed by atoms with Gasteiger partial charge in [-0.25, -0.2) is 0 Å². The van der Waals surface area contributed by atoms with E-state index >= 15 is 0 Å². The van der Waals surface area contributed by atoms with Crippen LogP contribution in [-0.2, 0) is 5.60 Å². The largest absolute Gasteiger partial charge is 0.423 e. The van der Waals surface area contributed by atoms with Gasteiger partial charge < -0.3 is 10.4 Å². The SMILES string of the molecule is O=C(NCC(O)(c1ccccc1)C(F)(F)F)c1cccs1. The van der Waals surface area contributed by atoms with Crippen LogP contribution in [0, 0.1) is 0 Å². The number of amides is 1. The first-order valence-electron chi connectivity index (χ1n) is 6.01. The molecule has 2 N–H and O–H groups in total. The molecule has 1 heterocycles. The van der Waals surface area contributed by atoms with E-state index in [0.29, 0.717) is 0 Å². The Hall–Kier alpha value is -1.86. The molecule has 2 aromatic rings. The number of benzene rings is 1. The number of alkyl halides is 3. The molecule has 0 aliphatic rings. The fourth-order valence-corrected chi connectivity index (χ4v) is 2.42. The van der Waals surface area contributed by atoms with E-state index in [9.17, 15) is 23.1 Å². The summed E-state index contributed by atoms with van der Waals surface area (Å²) in [6, 6.07) is 9.79. The van der Waals surface area contributed by atoms with Crippen molar-refractivity contribution in [3.63, 3.8) is 0 Å². The van der Waals surface area contributed by atoms with Gasteiger partial charge in [0.05, 0.1) is 11.4 Å². The fourth-order valence-electron chi connectivity index (χ4n) is 1.78. The summed E-state index contributed by atoms with van der Waals surface area (Å²) in [5, 5.41) is 13.8. The third-order valence-electron chi connectivity index (χ3n) is 2.97. The molecule has 1 unspecified atom stereocenters. The van der Waals surface area contributed by atoms with Crippen LogP contribution in [0.15, 0.2) is 47.8 Å². The van der Waals surface area contributed by atoms with Gasteiger partial charge in [-0.15, -0.1) is 11.3 Å². The van der Waals surface area contributed by atoms with Crippen LogP contribution in [0.5, 0.6) is 0 Å². The van der Waals surface area contributed by atoms with Crippen molar-refractivity contribution in [3.05, 3.63) is 58.3 Å². The first-order valence-corrected chi connectivity index (χ1v) is 6.89. The Labute approximate surface area is 123 Å². The number of carbonyl (C=O) groups is 1. The normalized spacial score (nSPS) is 14.5. The van der Waals surface area contributed by atoms with Crippen LogP contribution >= 0.6 is 11.3 Å². The number of halogens is 3. The van der Waals surface area contributed by atoms with Gasteiger partial charge in [-0.2, -0.15) is 13.2 Å². The highest BCUT2D eigenvalue weighted by Crippen LogP contribution is 2.38. The fraction of sp³-hybridized carbons (Fsp3) is 0.214. The van der Waals surface area contributed by atoms with Gasteiger partial charge in [0.15, 0.2) is 0 Å². The molecule has 0 spiro atoms. The lowest BCUT2D eigenvalue weighted by atomic mass is 9.93. The third-order valence-corrected chi connectivity index (χ3v) is 3.84. The van der Waals surface area contributed by atoms with Crippen LogP contribution in [0.4, 0.5) is 13.2 Å². The van der Waals surface area contributed by atoms with Gasteiger partial charge in [0, 0.05) is 0 Å². The maximum absolute atomic E-state index is 13.2. The van der Waals surface area contributed by atoms with E-state index in [1.165, 1.54) is 30.3 Å². The van der Waals surface area contributed by atoms with Crippen molar-refractivity contribution in [2.45, 2.75) is 11.8 Å². The van der Waals surface area contributed by atoms with Crippen molar-refractivity contribution < 1.29 is 23.1 Å². The van der Waals surface area contributed by atoms with Crippen molar-refractivity contribution >= 4 is 17.2 Å². The van der Waals surface area contributed by atoms with Crippen LogP contribution in [-0.4, -0.2) is 23.7 Å². The molecule has 112 valence electrons. The third kappa shape index (κ3) is 3.25. The molecule has 0 radical (unpaired) electrons. The molecular formula is C14H12F3NO2S. The maximum atomic E-state index is 13.2. The van der Waals surface area contributed by atoms with E-state index in [4.69, 9.17) is 0 Å². The Morgan fingerprint density at radius 2 is 1.81 bits per heavy atom. The van der Waals surface area contributed by atoms with E-state index in [1.807, 2.05) is 0 Å².